The Morgan fingerprint density at radius 1 is 1.35 bits per heavy atom. The van der Waals surface area contributed by atoms with E-state index in [0.717, 1.165) is 22.8 Å². The van der Waals surface area contributed by atoms with Crippen LogP contribution in [0, 0.1) is 11.8 Å². The highest BCUT2D eigenvalue weighted by molar-refractivity contribution is 7.97. The van der Waals surface area contributed by atoms with Crippen LogP contribution >= 0.6 is 23.1 Å². The Labute approximate surface area is 109 Å². The lowest BCUT2D eigenvalue weighted by molar-refractivity contribution is 0.530. The van der Waals surface area contributed by atoms with Crippen LogP contribution in [0.25, 0.3) is 0 Å². The fourth-order valence-electron chi connectivity index (χ4n) is 1.35. The maximum absolute atomic E-state index is 5.37. The molecule has 0 amide bonds. The Bertz CT molecular complexity index is 505. The van der Waals surface area contributed by atoms with E-state index in [1.807, 2.05) is 23.9 Å². The minimum atomic E-state index is 0.412. The molecular formula is C13H13NOS2. The molecule has 2 aromatic heterocycles. The topological polar surface area (TPSA) is 39.2 Å². The Balaban J connectivity index is 1.88. The Morgan fingerprint density at radius 3 is 3.06 bits per heavy atom. The van der Waals surface area contributed by atoms with E-state index in [1.54, 1.807) is 17.6 Å². The molecule has 2 N–H and O–H groups in total. The molecule has 2 rings (SSSR count). The van der Waals surface area contributed by atoms with E-state index in [1.165, 1.54) is 4.88 Å². The van der Waals surface area contributed by atoms with Crippen LogP contribution in [-0.4, -0.2) is 6.54 Å². The number of hydrogen-bond acceptors (Lipinski definition) is 4. The molecule has 0 saturated carbocycles. The summed E-state index contributed by atoms with van der Waals surface area (Å²) < 4.78 is 5.29. The summed E-state index contributed by atoms with van der Waals surface area (Å²) in [7, 11) is 0. The van der Waals surface area contributed by atoms with Gasteiger partial charge in [0, 0.05) is 16.2 Å². The summed E-state index contributed by atoms with van der Waals surface area (Å²) in [6.45, 7) is 0.412. The van der Waals surface area contributed by atoms with Crippen molar-refractivity contribution in [2.24, 2.45) is 5.73 Å². The molecule has 4 heteroatoms. The van der Waals surface area contributed by atoms with Crippen molar-refractivity contribution in [3.05, 3.63) is 46.0 Å². The lowest BCUT2D eigenvalue weighted by Crippen LogP contribution is -1.93. The molecule has 0 spiro atoms. The van der Waals surface area contributed by atoms with Gasteiger partial charge in [-0.3, -0.25) is 0 Å². The van der Waals surface area contributed by atoms with Crippen LogP contribution in [-0.2, 0) is 11.5 Å². The van der Waals surface area contributed by atoms with Crippen LogP contribution in [0.5, 0.6) is 0 Å². The van der Waals surface area contributed by atoms with Gasteiger partial charge in [-0.05, 0) is 23.6 Å². The van der Waals surface area contributed by atoms with Gasteiger partial charge in [0.05, 0.1) is 18.6 Å². The van der Waals surface area contributed by atoms with Gasteiger partial charge in [0.25, 0.3) is 0 Å². The van der Waals surface area contributed by atoms with Crippen LogP contribution in [0.4, 0.5) is 0 Å². The summed E-state index contributed by atoms with van der Waals surface area (Å²) in [5, 5.41) is 2.07. The van der Waals surface area contributed by atoms with Crippen molar-refractivity contribution in [1.82, 2.24) is 0 Å². The molecule has 0 atom stereocenters. The van der Waals surface area contributed by atoms with E-state index in [4.69, 9.17) is 10.2 Å². The molecule has 17 heavy (non-hydrogen) atoms. The molecule has 0 aliphatic carbocycles. The number of thioether (sulfide) groups is 1. The van der Waals surface area contributed by atoms with E-state index in [-0.39, 0.29) is 0 Å². The lowest BCUT2D eigenvalue weighted by Gasteiger charge is -1.98. The normalized spacial score (nSPS) is 9.94. The highest BCUT2D eigenvalue weighted by Crippen LogP contribution is 2.24. The second-order valence-electron chi connectivity index (χ2n) is 3.34. The summed E-state index contributed by atoms with van der Waals surface area (Å²) in [6, 6.07) is 5.96. The molecule has 0 aliphatic heterocycles. The van der Waals surface area contributed by atoms with Gasteiger partial charge >= 0.3 is 0 Å². The molecule has 2 nitrogen and oxygen atoms in total. The molecule has 0 unspecified atom stereocenters. The predicted octanol–water partition coefficient (Wildman–Crippen LogP) is 3.08. The maximum Gasteiger partial charge on any atom is 0.113 e. The van der Waals surface area contributed by atoms with E-state index >= 15 is 0 Å². The van der Waals surface area contributed by atoms with Gasteiger partial charge in [0.1, 0.15) is 5.76 Å². The first-order chi connectivity index (χ1) is 8.40. The first-order valence-corrected chi connectivity index (χ1v) is 7.29. The summed E-state index contributed by atoms with van der Waals surface area (Å²) in [6.07, 6.45) is 1.71. The minimum absolute atomic E-state index is 0.412. The Morgan fingerprint density at radius 2 is 2.29 bits per heavy atom. The second kappa shape index (κ2) is 6.55. The quantitative estimate of drug-likeness (QED) is 0.862. The molecule has 0 bridgehead atoms. The standard InChI is InChI=1S/C13H13NOS2/c14-6-1-3-11-5-8-17-13(11)10-16-9-12-4-2-7-15-12/h2,4-5,7-8H,6,9-10,14H2. The molecule has 0 saturated heterocycles. The molecular weight excluding hydrogens is 250 g/mol. The summed E-state index contributed by atoms with van der Waals surface area (Å²) in [4.78, 5) is 1.31. The fraction of sp³-hybridized carbons (Fsp3) is 0.231. The van der Waals surface area contributed by atoms with Gasteiger partial charge in [-0.2, -0.15) is 0 Å². The van der Waals surface area contributed by atoms with Crippen LogP contribution < -0.4 is 5.73 Å². The lowest BCUT2D eigenvalue weighted by atomic mass is 10.3. The fourth-order valence-corrected chi connectivity index (χ4v) is 3.29. The van der Waals surface area contributed by atoms with Crippen molar-refractivity contribution in [3.8, 4) is 11.8 Å². The molecule has 0 aliphatic rings. The third-order valence-corrected chi connectivity index (χ3v) is 4.21. The number of hydrogen-bond donors (Lipinski definition) is 1. The van der Waals surface area contributed by atoms with Crippen LogP contribution in [0.3, 0.4) is 0 Å². The van der Waals surface area contributed by atoms with Gasteiger partial charge in [0.2, 0.25) is 0 Å². The zero-order valence-electron chi connectivity index (χ0n) is 9.31. The van der Waals surface area contributed by atoms with E-state index < -0.39 is 0 Å². The van der Waals surface area contributed by atoms with Crippen molar-refractivity contribution in [1.29, 1.82) is 0 Å². The van der Waals surface area contributed by atoms with Gasteiger partial charge in [0.15, 0.2) is 0 Å². The van der Waals surface area contributed by atoms with E-state index in [2.05, 4.69) is 23.3 Å². The smallest absolute Gasteiger partial charge is 0.113 e. The van der Waals surface area contributed by atoms with Gasteiger partial charge in [-0.25, -0.2) is 0 Å². The van der Waals surface area contributed by atoms with Crippen molar-refractivity contribution in [2.75, 3.05) is 6.54 Å². The van der Waals surface area contributed by atoms with Crippen molar-refractivity contribution < 1.29 is 4.42 Å². The molecule has 2 heterocycles. The number of thiophene rings is 1. The summed E-state index contributed by atoms with van der Waals surface area (Å²) >= 11 is 3.58. The van der Waals surface area contributed by atoms with Crippen LogP contribution in [0.15, 0.2) is 34.3 Å². The number of nitrogens with two attached hydrogens (primary N) is 1. The molecule has 0 aromatic carbocycles. The van der Waals surface area contributed by atoms with Crippen LogP contribution in [0.1, 0.15) is 16.2 Å². The predicted molar refractivity (Wildman–Crippen MR) is 74.0 cm³/mol. The van der Waals surface area contributed by atoms with Gasteiger partial charge < -0.3 is 10.2 Å². The first kappa shape index (κ1) is 12.3. The van der Waals surface area contributed by atoms with Crippen molar-refractivity contribution in [3.63, 3.8) is 0 Å². The number of rotatable bonds is 4. The molecule has 2 aromatic rings. The molecule has 88 valence electrons. The minimum Gasteiger partial charge on any atom is -0.468 e. The van der Waals surface area contributed by atoms with Gasteiger partial charge in [-0.15, -0.1) is 23.1 Å². The average molecular weight is 263 g/mol. The van der Waals surface area contributed by atoms with E-state index in [0.29, 0.717) is 6.54 Å². The number of furan rings is 1. The Hall–Kier alpha value is -1.15. The molecule has 0 fully saturated rings. The zero-order valence-corrected chi connectivity index (χ0v) is 10.9. The van der Waals surface area contributed by atoms with Gasteiger partial charge in [-0.1, -0.05) is 11.8 Å². The zero-order chi connectivity index (χ0) is 11.9. The van der Waals surface area contributed by atoms with E-state index in [9.17, 15) is 0 Å². The van der Waals surface area contributed by atoms with Crippen LogP contribution in [0.2, 0.25) is 0 Å². The Kier molecular flexibility index (Phi) is 4.75. The summed E-state index contributed by atoms with van der Waals surface area (Å²) in [5.74, 6) is 8.86. The largest absolute Gasteiger partial charge is 0.468 e. The summed E-state index contributed by atoms with van der Waals surface area (Å²) in [5.41, 5.74) is 6.48. The van der Waals surface area contributed by atoms with Crippen molar-refractivity contribution in [2.45, 2.75) is 11.5 Å². The molecule has 0 radical (unpaired) electrons. The average Bonchev–Trinajstić information content (AvgIpc) is 2.98. The first-order valence-electron chi connectivity index (χ1n) is 5.25. The second-order valence-corrected chi connectivity index (χ2v) is 5.32. The highest BCUT2D eigenvalue weighted by atomic mass is 32.2. The monoisotopic (exact) mass is 263 g/mol. The maximum atomic E-state index is 5.37. The third kappa shape index (κ3) is 3.67. The SMILES string of the molecule is NCC#Cc1ccsc1CSCc1ccco1. The third-order valence-electron chi connectivity index (χ3n) is 2.13. The highest BCUT2D eigenvalue weighted by Gasteiger charge is 2.03. The van der Waals surface area contributed by atoms with Crippen molar-refractivity contribution >= 4 is 23.1 Å².